The van der Waals surface area contributed by atoms with Crippen molar-refractivity contribution in [3.05, 3.63) is 47.0 Å². The Morgan fingerprint density at radius 2 is 2.12 bits per heavy atom. The van der Waals surface area contributed by atoms with Gasteiger partial charge in [-0.2, -0.15) is 0 Å². The van der Waals surface area contributed by atoms with E-state index in [9.17, 15) is 9.18 Å². The molecule has 0 aromatic heterocycles. The number of amides is 1. The number of hydrogen-bond donors (Lipinski definition) is 2. The molecule has 0 bridgehead atoms. The minimum atomic E-state index is -2.72. The van der Waals surface area contributed by atoms with E-state index in [-0.39, 0.29) is 0 Å². The lowest BCUT2D eigenvalue weighted by atomic mass is 9.93. The fourth-order valence-corrected chi connectivity index (χ4v) is 2.70. The molecule has 3 atom stereocenters. The van der Waals surface area contributed by atoms with Crippen molar-refractivity contribution in [2.24, 2.45) is 0 Å². The summed E-state index contributed by atoms with van der Waals surface area (Å²) < 4.78 is 80.6. The first-order chi connectivity index (χ1) is 14.3. The van der Waals surface area contributed by atoms with Crippen molar-refractivity contribution in [3.63, 3.8) is 0 Å². The summed E-state index contributed by atoms with van der Waals surface area (Å²) in [6, 6.07) is 0.639. The van der Waals surface area contributed by atoms with Crippen LogP contribution in [0.1, 0.15) is 55.6 Å². The average molecular weight is 339 g/mol. The predicted octanol–water partition coefficient (Wildman–Crippen LogP) is 2.86. The Balaban J connectivity index is 2.13. The van der Waals surface area contributed by atoms with Gasteiger partial charge in [0.05, 0.1) is 13.9 Å². The van der Waals surface area contributed by atoms with Crippen LogP contribution in [-0.2, 0) is 10.3 Å². The molecule has 2 aliphatic rings. The van der Waals surface area contributed by atoms with Gasteiger partial charge in [-0.1, -0.05) is 12.1 Å². The van der Waals surface area contributed by atoms with Crippen LogP contribution in [0, 0.1) is 5.82 Å². The minimum Gasteiger partial charge on any atom is -0.369 e. The van der Waals surface area contributed by atoms with Crippen molar-refractivity contribution in [2.45, 2.75) is 58.0 Å². The largest absolute Gasteiger partial charge is 0.369 e. The molecule has 1 aromatic rings. The third kappa shape index (κ3) is 3.12. The fraction of sp³-hybridized carbons (Fsp3) is 0.526. The van der Waals surface area contributed by atoms with E-state index in [0.29, 0.717) is 15.8 Å². The molecule has 1 amide bonds. The van der Waals surface area contributed by atoms with Gasteiger partial charge >= 0.3 is 0 Å². The van der Waals surface area contributed by atoms with Crippen molar-refractivity contribution in [1.29, 1.82) is 0 Å². The van der Waals surface area contributed by atoms with E-state index in [1.165, 1.54) is 24.3 Å². The van der Waals surface area contributed by atoms with Crippen LogP contribution < -0.4 is 10.6 Å². The van der Waals surface area contributed by atoms with Crippen LogP contribution in [0.3, 0.4) is 0 Å². The van der Waals surface area contributed by atoms with E-state index in [0.717, 1.165) is 13.8 Å². The van der Waals surface area contributed by atoms with Gasteiger partial charge in [0.15, 0.2) is 1.41 Å². The Labute approximate surface area is 154 Å². The van der Waals surface area contributed by atoms with E-state index < -0.39 is 60.0 Å². The van der Waals surface area contributed by atoms with E-state index in [1.807, 2.05) is 0 Å². The molecule has 4 nitrogen and oxygen atoms in total. The standard InChI is InChI=1S/C19H26FN3O/c1-12-11-13(2)23-10-9-16(17(23)21-12)18(24)22-19(3,4)14-5-7-15(20)8-6-14/h5-8,12-13,21H,9-11H2,1-4H3,(H,22,24)/i9D,10D2,11D2,12D,13D/hD. The zero-order valence-corrected chi connectivity index (χ0v) is 14.1. The molecule has 130 valence electrons. The maximum Gasteiger partial charge on any atom is 0.251 e. The molecule has 1 aromatic carbocycles. The van der Waals surface area contributed by atoms with Crippen molar-refractivity contribution >= 4 is 5.91 Å². The molecular formula is C19H26FN3O. The highest BCUT2D eigenvalue weighted by Gasteiger charge is 2.36. The highest BCUT2D eigenvalue weighted by molar-refractivity contribution is 5.95. The first kappa shape index (κ1) is 9.44. The Hall–Kier alpha value is -2.04. The van der Waals surface area contributed by atoms with Gasteiger partial charge in [-0.3, -0.25) is 4.79 Å². The molecule has 2 aliphatic heterocycles. The molecule has 3 unspecified atom stereocenters. The Kier molecular flexibility index (Phi) is 2.41. The molecule has 1 saturated heterocycles. The van der Waals surface area contributed by atoms with Crippen LogP contribution in [-0.4, -0.2) is 29.3 Å². The van der Waals surface area contributed by atoms with Crippen molar-refractivity contribution in [1.82, 2.24) is 15.5 Å². The Bertz CT molecular complexity index is 977. The molecule has 0 radical (unpaired) electrons. The number of carbonyl (C=O) groups is 1. The Morgan fingerprint density at radius 1 is 1.46 bits per heavy atom. The van der Waals surface area contributed by atoms with Gasteiger partial charge in [0.1, 0.15) is 11.6 Å². The summed E-state index contributed by atoms with van der Waals surface area (Å²) in [6.45, 7) is 2.71. The van der Waals surface area contributed by atoms with Gasteiger partial charge in [0.2, 0.25) is 0 Å². The van der Waals surface area contributed by atoms with E-state index in [2.05, 4.69) is 5.32 Å². The van der Waals surface area contributed by atoms with E-state index in [4.69, 9.17) is 11.0 Å². The number of nitrogens with one attached hydrogen (secondary N) is 2. The quantitative estimate of drug-likeness (QED) is 0.890. The number of carbonyl (C=O) groups excluding carboxylic acids is 1. The number of halogens is 1. The van der Waals surface area contributed by atoms with Gasteiger partial charge in [0, 0.05) is 25.4 Å². The molecular weight excluding hydrogens is 305 g/mol. The maximum atomic E-state index is 13.3. The summed E-state index contributed by atoms with van der Waals surface area (Å²) in [5.74, 6) is -1.85. The first-order valence-corrected chi connectivity index (χ1v) is 7.66. The van der Waals surface area contributed by atoms with Crippen LogP contribution in [0.25, 0.3) is 0 Å². The summed E-state index contributed by atoms with van der Waals surface area (Å²) in [5, 5.41) is 3.04. The molecule has 5 heteroatoms. The van der Waals surface area contributed by atoms with Crippen molar-refractivity contribution in [3.8, 4) is 0 Å². The van der Waals surface area contributed by atoms with E-state index in [1.54, 1.807) is 13.8 Å². The number of hydrogen-bond acceptors (Lipinski definition) is 3. The van der Waals surface area contributed by atoms with Crippen molar-refractivity contribution in [2.75, 3.05) is 6.50 Å². The summed E-state index contributed by atoms with van der Waals surface area (Å²) in [6.07, 6.45) is -4.60. The molecule has 3 rings (SSSR count). The second kappa shape index (κ2) is 6.11. The van der Waals surface area contributed by atoms with E-state index >= 15 is 0 Å². The van der Waals surface area contributed by atoms with Gasteiger partial charge in [-0.05, 0) is 58.2 Å². The smallest absolute Gasteiger partial charge is 0.251 e. The third-order valence-electron chi connectivity index (χ3n) is 4.00. The normalized spacial score (nSPS) is 42.5. The monoisotopic (exact) mass is 339 g/mol. The Morgan fingerprint density at radius 3 is 2.79 bits per heavy atom. The SMILES string of the molecule is [2H]C1C(C(=O)NC(C)(C)c2ccc(F)cc2)=C2N([2H])C([2H])(C)C([2H])([2H])C([2H])(C)N2C1([2H])[2H]. The number of benzene rings is 1. The molecule has 24 heavy (non-hydrogen) atoms. The zero-order valence-electron chi connectivity index (χ0n) is 22.1. The van der Waals surface area contributed by atoms with Gasteiger partial charge < -0.3 is 15.5 Å². The van der Waals surface area contributed by atoms with Crippen LogP contribution in [0.15, 0.2) is 35.7 Å². The maximum absolute atomic E-state index is 13.3. The van der Waals surface area contributed by atoms with Crippen LogP contribution >= 0.6 is 0 Å². The third-order valence-corrected chi connectivity index (χ3v) is 4.00. The lowest BCUT2D eigenvalue weighted by molar-refractivity contribution is -0.119. The van der Waals surface area contributed by atoms with Crippen LogP contribution in [0.4, 0.5) is 4.39 Å². The lowest BCUT2D eigenvalue weighted by Gasteiger charge is -2.38. The second-order valence-corrected chi connectivity index (χ2v) is 6.34. The average Bonchev–Trinajstić information content (AvgIpc) is 2.86. The molecule has 0 saturated carbocycles. The summed E-state index contributed by atoms with van der Waals surface area (Å²) in [4.78, 5) is 13.9. The summed E-state index contributed by atoms with van der Waals surface area (Å²) in [7, 11) is 0. The molecule has 2 N–H and O–H groups in total. The van der Waals surface area contributed by atoms with Crippen molar-refractivity contribution < 1.29 is 20.2 Å². The topological polar surface area (TPSA) is 44.4 Å². The van der Waals surface area contributed by atoms with Gasteiger partial charge in [0.25, 0.3) is 5.91 Å². The second-order valence-electron chi connectivity index (χ2n) is 6.34. The first-order valence-electron chi connectivity index (χ1n) is 11.7. The lowest BCUT2D eigenvalue weighted by Crippen LogP contribution is -2.48. The molecule has 1 fully saturated rings. The minimum absolute atomic E-state index is 0.371. The summed E-state index contributed by atoms with van der Waals surface area (Å²) >= 11 is 0. The van der Waals surface area contributed by atoms with Crippen LogP contribution in [0.2, 0.25) is 1.41 Å². The highest BCUT2D eigenvalue weighted by Crippen LogP contribution is 2.30. The van der Waals surface area contributed by atoms with Crippen LogP contribution in [0.5, 0.6) is 0 Å². The van der Waals surface area contributed by atoms with Gasteiger partial charge in [-0.15, -0.1) is 0 Å². The molecule has 0 spiro atoms. The van der Waals surface area contributed by atoms with Gasteiger partial charge in [-0.25, -0.2) is 4.39 Å². The summed E-state index contributed by atoms with van der Waals surface area (Å²) in [5.41, 5.74) is -1.01. The number of rotatable bonds is 3. The molecule has 0 aliphatic carbocycles. The number of fused-ring (bicyclic) bond motifs is 1. The highest BCUT2D eigenvalue weighted by atomic mass is 19.1. The molecule has 2 heterocycles. The number of nitrogens with zero attached hydrogens (tertiary/aromatic N) is 1. The zero-order chi connectivity index (χ0) is 24.7. The fourth-order valence-electron chi connectivity index (χ4n) is 2.70. The predicted molar refractivity (Wildman–Crippen MR) is 92.6 cm³/mol.